The molecule has 7 heteroatoms. The van der Waals surface area contributed by atoms with Gasteiger partial charge in [0.05, 0.1) is 5.69 Å². The average Bonchev–Trinajstić information content (AvgIpc) is 2.86. The van der Waals surface area contributed by atoms with Crippen LogP contribution in [0.15, 0.2) is 6.07 Å². The minimum absolute atomic E-state index is 0.0508. The molecule has 2 rings (SSSR count). The molecule has 0 unspecified atom stereocenters. The Balaban J connectivity index is 2.39. The standard InChI is InChI=1S/C10H11F3N2O2/c11-10(12,13)7-5-6(14-15-7)9(8(16)17)3-1-2-4-9/h5H,1-4H2,(H,14,15)(H,16,17). The zero-order chi connectivity index (χ0) is 12.7. The van der Waals surface area contributed by atoms with Crippen molar-refractivity contribution in [1.82, 2.24) is 10.2 Å². The maximum absolute atomic E-state index is 12.4. The molecule has 1 heterocycles. The van der Waals surface area contributed by atoms with Crippen LogP contribution in [0.4, 0.5) is 13.2 Å². The Morgan fingerprint density at radius 3 is 2.41 bits per heavy atom. The van der Waals surface area contributed by atoms with Crippen molar-refractivity contribution in [3.63, 3.8) is 0 Å². The molecule has 2 N–H and O–H groups in total. The second-order valence-corrected chi connectivity index (χ2v) is 4.26. The quantitative estimate of drug-likeness (QED) is 0.844. The fraction of sp³-hybridized carbons (Fsp3) is 0.600. The summed E-state index contributed by atoms with van der Waals surface area (Å²) < 4.78 is 37.2. The SMILES string of the molecule is O=C(O)C1(c2cc(C(F)(F)F)n[nH]2)CCCC1. The second kappa shape index (κ2) is 3.75. The number of H-pyrrole nitrogens is 1. The number of aromatic amines is 1. The van der Waals surface area contributed by atoms with Gasteiger partial charge in [-0.15, -0.1) is 0 Å². The van der Waals surface area contributed by atoms with Crippen LogP contribution in [0.3, 0.4) is 0 Å². The molecule has 0 bridgehead atoms. The number of halogens is 3. The molecule has 0 aliphatic heterocycles. The van der Waals surface area contributed by atoms with E-state index in [4.69, 9.17) is 0 Å². The molecule has 4 nitrogen and oxygen atoms in total. The van der Waals surface area contributed by atoms with Crippen LogP contribution in [0.25, 0.3) is 0 Å². The van der Waals surface area contributed by atoms with Crippen LogP contribution in [-0.4, -0.2) is 21.3 Å². The van der Waals surface area contributed by atoms with Gasteiger partial charge in [-0.25, -0.2) is 0 Å². The molecule has 0 spiro atoms. The monoisotopic (exact) mass is 248 g/mol. The fourth-order valence-corrected chi connectivity index (χ4v) is 2.29. The van der Waals surface area contributed by atoms with Crippen molar-refractivity contribution in [2.24, 2.45) is 0 Å². The van der Waals surface area contributed by atoms with E-state index in [-0.39, 0.29) is 5.69 Å². The van der Waals surface area contributed by atoms with E-state index in [9.17, 15) is 23.1 Å². The molecule has 0 amide bonds. The Kier molecular flexibility index (Phi) is 2.63. The van der Waals surface area contributed by atoms with Gasteiger partial charge < -0.3 is 5.11 Å². The summed E-state index contributed by atoms with van der Waals surface area (Å²) in [6, 6.07) is 0.805. The maximum atomic E-state index is 12.4. The molecule has 1 aromatic heterocycles. The Labute approximate surface area is 94.8 Å². The maximum Gasteiger partial charge on any atom is 0.435 e. The molecule has 0 radical (unpaired) electrons. The second-order valence-electron chi connectivity index (χ2n) is 4.26. The molecule has 1 aromatic rings. The van der Waals surface area contributed by atoms with Gasteiger partial charge in [0.25, 0.3) is 0 Å². The number of hydrogen-bond acceptors (Lipinski definition) is 2. The predicted molar refractivity (Wildman–Crippen MR) is 51.4 cm³/mol. The average molecular weight is 248 g/mol. The molecular formula is C10H11F3N2O2. The molecule has 0 aromatic carbocycles. The number of rotatable bonds is 2. The number of carbonyl (C=O) groups is 1. The van der Waals surface area contributed by atoms with E-state index in [0.717, 1.165) is 6.07 Å². The highest BCUT2D eigenvalue weighted by molar-refractivity contribution is 5.81. The lowest BCUT2D eigenvalue weighted by Crippen LogP contribution is -2.33. The minimum atomic E-state index is -4.55. The highest BCUT2D eigenvalue weighted by Gasteiger charge is 2.46. The van der Waals surface area contributed by atoms with Crippen LogP contribution in [0.5, 0.6) is 0 Å². The van der Waals surface area contributed by atoms with Gasteiger partial charge in [-0.05, 0) is 18.9 Å². The first-order valence-corrected chi connectivity index (χ1v) is 5.23. The number of alkyl halides is 3. The third-order valence-corrected chi connectivity index (χ3v) is 3.25. The first-order valence-electron chi connectivity index (χ1n) is 5.23. The summed E-state index contributed by atoms with van der Waals surface area (Å²) in [5.41, 5.74) is -2.24. The van der Waals surface area contributed by atoms with Crippen molar-refractivity contribution < 1.29 is 23.1 Å². The molecule has 1 saturated carbocycles. The van der Waals surface area contributed by atoms with E-state index in [1.165, 1.54) is 0 Å². The van der Waals surface area contributed by atoms with Crippen molar-refractivity contribution in [2.45, 2.75) is 37.3 Å². The number of carboxylic acids is 1. The number of aromatic nitrogens is 2. The smallest absolute Gasteiger partial charge is 0.435 e. The zero-order valence-electron chi connectivity index (χ0n) is 8.84. The van der Waals surface area contributed by atoms with Gasteiger partial charge in [-0.1, -0.05) is 12.8 Å². The first kappa shape index (κ1) is 11.9. The van der Waals surface area contributed by atoms with Gasteiger partial charge in [0, 0.05) is 0 Å². The summed E-state index contributed by atoms with van der Waals surface area (Å²) in [5, 5.41) is 14.6. The van der Waals surface area contributed by atoms with Crippen LogP contribution in [-0.2, 0) is 16.4 Å². The van der Waals surface area contributed by atoms with Crippen LogP contribution in [0, 0.1) is 0 Å². The van der Waals surface area contributed by atoms with E-state index in [1.54, 1.807) is 0 Å². The number of aliphatic carboxylic acids is 1. The zero-order valence-corrected chi connectivity index (χ0v) is 8.84. The topological polar surface area (TPSA) is 66.0 Å². The summed E-state index contributed by atoms with van der Waals surface area (Å²) in [6.07, 6.45) is -2.45. The molecule has 0 atom stereocenters. The van der Waals surface area contributed by atoms with E-state index in [0.29, 0.717) is 25.7 Å². The summed E-state index contributed by atoms with van der Waals surface area (Å²) in [4.78, 5) is 11.3. The van der Waals surface area contributed by atoms with Crippen molar-refractivity contribution >= 4 is 5.97 Å². The Hall–Kier alpha value is -1.53. The molecular weight excluding hydrogens is 237 g/mol. The summed E-state index contributed by atoms with van der Waals surface area (Å²) in [6.45, 7) is 0. The highest BCUT2D eigenvalue weighted by Crippen LogP contribution is 2.41. The molecule has 1 aliphatic rings. The van der Waals surface area contributed by atoms with Gasteiger partial charge in [-0.2, -0.15) is 18.3 Å². The number of carboxylic acid groups (broad SMARTS) is 1. The van der Waals surface area contributed by atoms with Crippen LogP contribution < -0.4 is 0 Å². The van der Waals surface area contributed by atoms with Gasteiger partial charge >= 0.3 is 12.1 Å². The molecule has 17 heavy (non-hydrogen) atoms. The minimum Gasteiger partial charge on any atom is -0.481 e. The lowest BCUT2D eigenvalue weighted by molar-refractivity contribution is -0.144. The van der Waals surface area contributed by atoms with Gasteiger partial charge in [0.2, 0.25) is 0 Å². The third-order valence-electron chi connectivity index (χ3n) is 3.25. The van der Waals surface area contributed by atoms with Crippen molar-refractivity contribution in [3.8, 4) is 0 Å². The molecule has 1 fully saturated rings. The Bertz CT molecular complexity index is 433. The van der Waals surface area contributed by atoms with Crippen LogP contribution in [0.1, 0.15) is 37.1 Å². The van der Waals surface area contributed by atoms with Gasteiger partial charge in [-0.3, -0.25) is 9.89 Å². The Morgan fingerprint density at radius 1 is 1.41 bits per heavy atom. The number of nitrogens with one attached hydrogen (secondary N) is 1. The molecule has 94 valence electrons. The largest absolute Gasteiger partial charge is 0.481 e. The summed E-state index contributed by atoms with van der Waals surface area (Å²) in [7, 11) is 0. The first-order chi connectivity index (χ1) is 7.86. The van der Waals surface area contributed by atoms with Gasteiger partial charge in [0.1, 0.15) is 5.41 Å². The van der Waals surface area contributed by atoms with Crippen molar-refractivity contribution in [1.29, 1.82) is 0 Å². The van der Waals surface area contributed by atoms with Gasteiger partial charge in [0.15, 0.2) is 5.69 Å². The lowest BCUT2D eigenvalue weighted by Gasteiger charge is -2.21. The van der Waals surface area contributed by atoms with Crippen molar-refractivity contribution in [3.05, 3.63) is 17.5 Å². The summed E-state index contributed by atoms with van der Waals surface area (Å²) >= 11 is 0. The van der Waals surface area contributed by atoms with E-state index in [1.807, 2.05) is 0 Å². The van der Waals surface area contributed by atoms with E-state index >= 15 is 0 Å². The molecule has 0 saturated heterocycles. The fourth-order valence-electron chi connectivity index (χ4n) is 2.29. The molecule has 1 aliphatic carbocycles. The third kappa shape index (κ3) is 1.89. The van der Waals surface area contributed by atoms with Crippen LogP contribution in [0.2, 0.25) is 0 Å². The predicted octanol–water partition coefficient (Wildman–Crippen LogP) is 2.32. The lowest BCUT2D eigenvalue weighted by atomic mass is 9.83. The normalized spacial score (nSPS) is 19.5. The number of nitrogens with zero attached hydrogens (tertiary/aromatic N) is 1. The Morgan fingerprint density at radius 2 is 2.00 bits per heavy atom. The van der Waals surface area contributed by atoms with E-state index < -0.39 is 23.3 Å². The summed E-state index contributed by atoms with van der Waals surface area (Å²) in [5.74, 6) is -1.09. The number of hydrogen-bond donors (Lipinski definition) is 2. The van der Waals surface area contributed by atoms with E-state index in [2.05, 4.69) is 10.2 Å². The van der Waals surface area contributed by atoms with Crippen molar-refractivity contribution in [2.75, 3.05) is 0 Å². The van der Waals surface area contributed by atoms with Crippen LogP contribution >= 0.6 is 0 Å². The highest BCUT2D eigenvalue weighted by atomic mass is 19.4.